The molecule has 0 aromatic heterocycles. The summed E-state index contributed by atoms with van der Waals surface area (Å²) in [5, 5.41) is 3.03. The summed E-state index contributed by atoms with van der Waals surface area (Å²) < 4.78 is 30.7. The van der Waals surface area contributed by atoms with Gasteiger partial charge in [0.05, 0.1) is 0 Å². The second-order valence-electron chi connectivity index (χ2n) is 8.74. The monoisotopic (exact) mass is 492 g/mol. The van der Waals surface area contributed by atoms with Crippen LogP contribution in [0.15, 0.2) is 77.7 Å². The first-order valence-corrected chi connectivity index (χ1v) is 12.9. The summed E-state index contributed by atoms with van der Waals surface area (Å²) in [5.74, 6) is -0.103. The lowest BCUT2D eigenvalue weighted by atomic mass is 10.0. The molecule has 1 fully saturated rings. The molecule has 0 saturated carbocycles. The predicted molar refractivity (Wildman–Crippen MR) is 133 cm³/mol. The van der Waals surface area contributed by atoms with E-state index >= 15 is 0 Å². The van der Waals surface area contributed by atoms with Crippen molar-refractivity contribution >= 4 is 21.9 Å². The smallest absolute Gasteiger partial charge is 0.339 e. The van der Waals surface area contributed by atoms with Crippen molar-refractivity contribution in [2.24, 2.45) is 0 Å². The van der Waals surface area contributed by atoms with Crippen LogP contribution in [0.25, 0.3) is 0 Å². The van der Waals surface area contributed by atoms with Crippen LogP contribution < -0.4 is 9.50 Å². The number of hydrogen-bond donors (Lipinski definition) is 1. The molecule has 3 aromatic carbocycles. The van der Waals surface area contributed by atoms with E-state index in [1.165, 1.54) is 12.1 Å². The molecule has 3 aromatic rings. The molecule has 0 radical (unpaired) electrons. The lowest BCUT2D eigenvalue weighted by Gasteiger charge is -2.32. The number of carbonyl (C=O) groups excluding carboxylic acids is 2. The molecular weight excluding hydrogens is 464 g/mol. The van der Waals surface area contributed by atoms with Crippen molar-refractivity contribution in [3.63, 3.8) is 0 Å². The van der Waals surface area contributed by atoms with E-state index in [0.29, 0.717) is 42.6 Å². The van der Waals surface area contributed by atoms with Gasteiger partial charge in [-0.05, 0) is 80.3 Å². The van der Waals surface area contributed by atoms with Crippen LogP contribution in [0, 0.1) is 13.8 Å². The molecule has 35 heavy (non-hydrogen) atoms. The van der Waals surface area contributed by atoms with E-state index < -0.39 is 10.1 Å². The van der Waals surface area contributed by atoms with Gasteiger partial charge in [-0.15, -0.1) is 0 Å². The van der Waals surface area contributed by atoms with Gasteiger partial charge in [0.1, 0.15) is 10.6 Å². The van der Waals surface area contributed by atoms with Gasteiger partial charge in [-0.3, -0.25) is 9.59 Å². The summed E-state index contributed by atoms with van der Waals surface area (Å²) in [7, 11) is -3.99. The fourth-order valence-electron chi connectivity index (χ4n) is 4.07. The Morgan fingerprint density at radius 2 is 1.54 bits per heavy atom. The number of aryl methyl sites for hydroxylation is 2. The fourth-order valence-corrected chi connectivity index (χ4v) is 5.32. The van der Waals surface area contributed by atoms with Gasteiger partial charge in [0.2, 0.25) is 0 Å². The molecule has 0 atom stereocenters. The van der Waals surface area contributed by atoms with E-state index in [1.807, 2.05) is 31.2 Å². The molecule has 1 aliphatic rings. The van der Waals surface area contributed by atoms with E-state index in [4.69, 9.17) is 4.18 Å². The van der Waals surface area contributed by atoms with Crippen LogP contribution in [0.2, 0.25) is 0 Å². The Morgan fingerprint density at radius 3 is 2.20 bits per heavy atom. The molecule has 4 rings (SSSR count). The van der Waals surface area contributed by atoms with E-state index in [0.717, 1.165) is 5.56 Å². The lowest BCUT2D eigenvalue weighted by Crippen LogP contribution is -2.46. The third-order valence-electron chi connectivity index (χ3n) is 6.07. The quantitative estimate of drug-likeness (QED) is 0.523. The van der Waals surface area contributed by atoms with Crippen LogP contribution >= 0.6 is 0 Å². The summed E-state index contributed by atoms with van der Waals surface area (Å²) in [6.45, 7) is 4.59. The molecule has 1 saturated heterocycles. The summed E-state index contributed by atoms with van der Waals surface area (Å²) >= 11 is 0. The Labute approximate surface area is 205 Å². The zero-order valence-electron chi connectivity index (χ0n) is 19.7. The predicted octanol–water partition coefficient (Wildman–Crippen LogP) is 4.11. The number of hydrogen-bond acceptors (Lipinski definition) is 5. The third-order valence-corrected chi connectivity index (χ3v) is 7.46. The van der Waals surface area contributed by atoms with Gasteiger partial charge in [-0.25, -0.2) is 0 Å². The topological polar surface area (TPSA) is 92.8 Å². The summed E-state index contributed by atoms with van der Waals surface area (Å²) in [6, 6.07) is 20.3. The fraction of sp³-hybridized carbons (Fsp3) is 0.259. The normalized spacial score (nSPS) is 14.4. The van der Waals surface area contributed by atoms with Crippen molar-refractivity contribution in [3.8, 4) is 5.75 Å². The van der Waals surface area contributed by atoms with Crippen molar-refractivity contribution < 1.29 is 22.2 Å². The van der Waals surface area contributed by atoms with Crippen LogP contribution in [-0.4, -0.2) is 44.3 Å². The maximum absolute atomic E-state index is 12.9. The summed E-state index contributed by atoms with van der Waals surface area (Å²) in [4.78, 5) is 27.2. The molecule has 8 heteroatoms. The molecule has 182 valence electrons. The minimum absolute atomic E-state index is 0.0119. The number of likely N-dealkylation sites (tertiary alicyclic amines) is 1. The number of nitrogens with one attached hydrogen (secondary N) is 1. The zero-order chi connectivity index (χ0) is 25.0. The molecule has 1 N–H and O–H groups in total. The highest BCUT2D eigenvalue weighted by atomic mass is 32.2. The van der Waals surface area contributed by atoms with Crippen molar-refractivity contribution in [2.45, 2.75) is 37.6 Å². The van der Waals surface area contributed by atoms with E-state index in [-0.39, 0.29) is 28.5 Å². The average molecular weight is 493 g/mol. The SMILES string of the molecule is Cc1ccc(C)c(S(=O)(=O)Oc2ccc(C(=O)N3CCC(NC(=O)c4ccccc4)CC3)cc2)c1. The van der Waals surface area contributed by atoms with Gasteiger partial charge < -0.3 is 14.4 Å². The molecule has 0 unspecified atom stereocenters. The number of carbonyl (C=O) groups is 2. The molecule has 1 heterocycles. The maximum atomic E-state index is 12.9. The minimum atomic E-state index is -3.99. The molecule has 7 nitrogen and oxygen atoms in total. The zero-order valence-corrected chi connectivity index (χ0v) is 20.5. The first-order valence-electron chi connectivity index (χ1n) is 11.5. The second-order valence-corrected chi connectivity index (χ2v) is 10.3. The Morgan fingerprint density at radius 1 is 0.886 bits per heavy atom. The number of amides is 2. The highest BCUT2D eigenvalue weighted by Gasteiger charge is 2.25. The maximum Gasteiger partial charge on any atom is 0.339 e. The highest BCUT2D eigenvalue weighted by Crippen LogP contribution is 2.23. The van der Waals surface area contributed by atoms with Crippen LogP contribution in [0.5, 0.6) is 5.75 Å². The van der Waals surface area contributed by atoms with Gasteiger partial charge in [-0.2, -0.15) is 8.42 Å². The first-order chi connectivity index (χ1) is 16.7. The molecular formula is C27H28N2O5S. The third kappa shape index (κ3) is 5.89. The molecule has 0 bridgehead atoms. The summed E-state index contributed by atoms with van der Waals surface area (Å²) in [5.41, 5.74) is 2.49. The number of benzene rings is 3. The Balaban J connectivity index is 1.34. The second kappa shape index (κ2) is 10.3. The van der Waals surface area contributed by atoms with Crippen molar-refractivity contribution in [3.05, 3.63) is 95.1 Å². The number of nitrogens with zero attached hydrogens (tertiary/aromatic N) is 1. The lowest BCUT2D eigenvalue weighted by molar-refractivity contribution is 0.0698. The molecule has 0 aliphatic carbocycles. The largest absolute Gasteiger partial charge is 0.379 e. The van der Waals surface area contributed by atoms with Crippen LogP contribution in [-0.2, 0) is 10.1 Å². The van der Waals surface area contributed by atoms with E-state index in [9.17, 15) is 18.0 Å². The van der Waals surface area contributed by atoms with Gasteiger partial charge in [0, 0.05) is 30.3 Å². The van der Waals surface area contributed by atoms with Crippen LogP contribution in [0.1, 0.15) is 44.7 Å². The van der Waals surface area contributed by atoms with Crippen LogP contribution in [0.4, 0.5) is 0 Å². The van der Waals surface area contributed by atoms with E-state index in [2.05, 4.69) is 5.32 Å². The standard InChI is InChI=1S/C27H28N2O5S/c1-19-8-9-20(2)25(18-19)35(32,33)34-24-12-10-22(11-13-24)27(31)29-16-14-23(15-17-29)28-26(30)21-6-4-3-5-7-21/h3-13,18,23H,14-17H2,1-2H3,(H,28,30). The van der Waals surface area contributed by atoms with Gasteiger partial charge in [0.25, 0.3) is 11.8 Å². The Bertz CT molecular complexity index is 1310. The van der Waals surface area contributed by atoms with Crippen molar-refractivity contribution in [2.75, 3.05) is 13.1 Å². The van der Waals surface area contributed by atoms with Gasteiger partial charge >= 0.3 is 10.1 Å². The summed E-state index contributed by atoms with van der Waals surface area (Å²) in [6.07, 6.45) is 1.33. The minimum Gasteiger partial charge on any atom is -0.379 e. The molecule has 0 spiro atoms. The van der Waals surface area contributed by atoms with E-state index in [1.54, 1.807) is 48.2 Å². The van der Waals surface area contributed by atoms with Crippen molar-refractivity contribution in [1.82, 2.24) is 10.2 Å². The highest BCUT2D eigenvalue weighted by molar-refractivity contribution is 7.87. The number of piperidine rings is 1. The molecule has 2 amide bonds. The molecule has 1 aliphatic heterocycles. The average Bonchev–Trinajstić information content (AvgIpc) is 2.86. The van der Waals surface area contributed by atoms with Gasteiger partial charge in [0.15, 0.2) is 0 Å². The van der Waals surface area contributed by atoms with Gasteiger partial charge in [-0.1, -0.05) is 30.3 Å². The van der Waals surface area contributed by atoms with Crippen molar-refractivity contribution in [1.29, 1.82) is 0 Å². The van der Waals surface area contributed by atoms with Crippen LogP contribution in [0.3, 0.4) is 0 Å². The number of rotatable bonds is 6. The first kappa shape index (κ1) is 24.5. The Kier molecular flexibility index (Phi) is 7.21. The Hall–Kier alpha value is -3.65.